The van der Waals surface area contributed by atoms with Crippen molar-refractivity contribution in [3.05, 3.63) is 58.5 Å². The van der Waals surface area contributed by atoms with Gasteiger partial charge in [0.05, 0.1) is 16.6 Å². The summed E-state index contributed by atoms with van der Waals surface area (Å²) in [6.07, 6.45) is 5.62. The Balaban J connectivity index is 1.59. The molecule has 0 saturated carbocycles. The maximum absolute atomic E-state index is 14.5. The zero-order valence-electron chi connectivity index (χ0n) is 15.5. The van der Waals surface area contributed by atoms with Crippen LogP contribution in [0.1, 0.15) is 18.9 Å². The number of nitrogens with zero attached hydrogens (tertiary/aromatic N) is 2. The molecule has 0 fully saturated rings. The van der Waals surface area contributed by atoms with E-state index in [0.29, 0.717) is 17.3 Å². The van der Waals surface area contributed by atoms with Gasteiger partial charge < -0.3 is 20.8 Å². The maximum Gasteiger partial charge on any atom is 0.142 e. The highest BCUT2D eigenvalue weighted by Crippen LogP contribution is 2.33. The third-order valence-electron chi connectivity index (χ3n) is 5.65. The lowest BCUT2D eigenvalue weighted by Crippen LogP contribution is -2.40. The van der Waals surface area contributed by atoms with E-state index in [9.17, 15) is 14.6 Å². The topological polar surface area (TPSA) is 82.6 Å². The van der Waals surface area contributed by atoms with Crippen molar-refractivity contribution in [1.82, 2.24) is 9.88 Å². The largest absolute Gasteiger partial charge is 0.388 e. The number of aliphatic hydroxyl groups excluding tert-OH is 2. The third-order valence-corrected chi connectivity index (χ3v) is 5.95. The van der Waals surface area contributed by atoms with Crippen LogP contribution in [-0.4, -0.2) is 44.9 Å². The SMILES string of the molecule is CC(Cc1cc(F)c2cc(Cl)c(N)nc2c1)C1=C[C@@H](N2C=CCC2)[C@H](O)[C@@H]1O. The monoisotopic (exact) mass is 403 g/mol. The minimum Gasteiger partial charge on any atom is -0.388 e. The molecule has 1 aliphatic carbocycles. The van der Waals surface area contributed by atoms with Crippen LogP contribution in [0, 0.1) is 11.7 Å². The fourth-order valence-corrected chi connectivity index (χ4v) is 4.30. The van der Waals surface area contributed by atoms with Gasteiger partial charge in [-0.15, -0.1) is 0 Å². The molecule has 4 atom stereocenters. The molecular formula is C21H23ClFN3O2. The minimum atomic E-state index is -0.924. The van der Waals surface area contributed by atoms with Crippen molar-refractivity contribution in [2.24, 2.45) is 5.92 Å². The average Bonchev–Trinajstić information content (AvgIpc) is 3.26. The second kappa shape index (κ2) is 7.35. The van der Waals surface area contributed by atoms with Crippen LogP contribution in [0.3, 0.4) is 0 Å². The molecule has 0 saturated heterocycles. The van der Waals surface area contributed by atoms with Crippen molar-refractivity contribution in [1.29, 1.82) is 0 Å². The Bertz CT molecular complexity index is 978. The molecule has 1 unspecified atom stereocenters. The van der Waals surface area contributed by atoms with E-state index in [-0.39, 0.29) is 22.8 Å². The molecule has 2 heterocycles. The number of nitrogens with two attached hydrogens (primary N) is 1. The Hall–Kier alpha value is -2.15. The van der Waals surface area contributed by atoms with Gasteiger partial charge in [-0.05, 0) is 54.3 Å². The number of halogens is 2. The first-order valence-electron chi connectivity index (χ1n) is 9.39. The average molecular weight is 404 g/mol. The molecule has 148 valence electrons. The van der Waals surface area contributed by atoms with Gasteiger partial charge in [-0.3, -0.25) is 0 Å². The fourth-order valence-electron chi connectivity index (χ4n) is 4.15. The summed E-state index contributed by atoms with van der Waals surface area (Å²) in [5.74, 6) is -0.310. The molecule has 2 aromatic rings. The van der Waals surface area contributed by atoms with Gasteiger partial charge in [0.2, 0.25) is 0 Å². The van der Waals surface area contributed by atoms with Gasteiger partial charge in [0, 0.05) is 11.9 Å². The molecule has 7 heteroatoms. The molecule has 4 rings (SSSR count). The quantitative estimate of drug-likeness (QED) is 0.683. The Morgan fingerprint density at radius 2 is 2.14 bits per heavy atom. The number of pyridine rings is 1. The van der Waals surface area contributed by atoms with E-state index in [1.54, 1.807) is 6.07 Å². The van der Waals surface area contributed by atoms with Crippen LogP contribution in [0.25, 0.3) is 10.9 Å². The van der Waals surface area contributed by atoms with E-state index in [1.165, 1.54) is 12.1 Å². The smallest absolute Gasteiger partial charge is 0.142 e. The van der Waals surface area contributed by atoms with Gasteiger partial charge >= 0.3 is 0 Å². The Morgan fingerprint density at radius 1 is 1.36 bits per heavy atom. The minimum absolute atomic E-state index is 0.0669. The summed E-state index contributed by atoms with van der Waals surface area (Å²) in [5, 5.41) is 21.6. The van der Waals surface area contributed by atoms with Gasteiger partial charge in [-0.2, -0.15) is 0 Å². The van der Waals surface area contributed by atoms with Crippen molar-refractivity contribution >= 4 is 28.3 Å². The molecule has 0 bridgehead atoms. The highest BCUT2D eigenvalue weighted by atomic mass is 35.5. The van der Waals surface area contributed by atoms with E-state index < -0.39 is 18.0 Å². The van der Waals surface area contributed by atoms with Crippen LogP contribution in [-0.2, 0) is 6.42 Å². The molecule has 1 aromatic heterocycles. The fraction of sp³-hybridized carbons (Fsp3) is 0.381. The lowest BCUT2D eigenvalue weighted by atomic mass is 9.91. The molecule has 5 nitrogen and oxygen atoms in total. The zero-order valence-corrected chi connectivity index (χ0v) is 16.3. The first-order valence-corrected chi connectivity index (χ1v) is 9.77. The Labute approximate surface area is 167 Å². The molecular weight excluding hydrogens is 381 g/mol. The Kier molecular flexibility index (Phi) is 5.04. The summed E-state index contributed by atoms with van der Waals surface area (Å²) in [5.41, 5.74) is 7.73. The first-order chi connectivity index (χ1) is 13.3. The van der Waals surface area contributed by atoms with Gasteiger partial charge in [0.1, 0.15) is 23.8 Å². The van der Waals surface area contributed by atoms with Gasteiger partial charge in [0.15, 0.2) is 0 Å². The normalized spacial score (nSPS) is 25.5. The van der Waals surface area contributed by atoms with Crippen LogP contribution >= 0.6 is 11.6 Å². The standard InChI is InChI=1S/C21H23ClFN3O2/c1-11(13-10-18(20(28)19(13)27)26-4-2-3-5-26)6-12-7-16(23)14-9-15(22)21(24)25-17(14)8-12/h2,4,7-11,18-20,27-28H,3,5-6H2,1H3,(H2,24,25)/t11?,18-,19-,20+/m1/s1. The number of anilines is 1. The number of aliphatic hydroxyl groups is 2. The molecule has 28 heavy (non-hydrogen) atoms. The van der Waals surface area contributed by atoms with E-state index in [1.807, 2.05) is 24.1 Å². The Morgan fingerprint density at radius 3 is 2.86 bits per heavy atom. The molecule has 1 aromatic carbocycles. The summed E-state index contributed by atoms with van der Waals surface area (Å²) in [6, 6.07) is 4.51. The highest BCUT2D eigenvalue weighted by Gasteiger charge is 2.39. The van der Waals surface area contributed by atoms with Gasteiger partial charge in [-0.1, -0.05) is 30.7 Å². The van der Waals surface area contributed by atoms with E-state index in [0.717, 1.165) is 24.1 Å². The second-order valence-electron chi connectivity index (χ2n) is 7.61. The molecule has 0 spiro atoms. The van der Waals surface area contributed by atoms with Crippen molar-refractivity contribution < 1.29 is 14.6 Å². The molecule has 0 amide bonds. The van der Waals surface area contributed by atoms with Crippen LogP contribution < -0.4 is 5.73 Å². The third kappa shape index (κ3) is 3.36. The first kappa shape index (κ1) is 19.2. The predicted octanol–water partition coefficient (Wildman–Crippen LogP) is 3.04. The van der Waals surface area contributed by atoms with Crippen molar-refractivity contribution in [3.63, 3.8) is 0 Å². The summed E-state index contributed by atoms with van der Waals surface area (Å²) < 4.78 is 14.5. The van der Waals surface area contributed by atoms with E-state index in [4.69, 9.17) is 17.3 Å². The molecule has 0 radical (unpaired) electrons. The van der Waals surface area contributed by atoms with Crippen molar-refractivity contribution in [2.75, 3.05) is 12.3 Å². The van der Waals surface area contributed by atoms with Crippen LogP contribution in [0.15, 0.2) is 42.1 Å². The predicted molar refractivity (Wildman–Crippen MR) is 108 cm³/mol. The number of rotatable bonds is 4. The van der Waals surface area contributed by atoms with Crippen molar-refractivity contribution in [3.8, 4) is 0 Å². The molecule has 1 aliphatic heterocycles. The lowest BCUT2D eigenvalue weighted by molar-refractivity contribution is 0.0162. The van der Waals surface area contributed by atoms with Crippen molar-refractivity contribution in [2.45, 2.75) is 38.0 Å². The second-order valence-corrected chi connectivity index (χ2v) is 8.02. The number of fused-ring (bicyclic) bond motifs is 1. The number of aromatic nitrogens is 1. The van der Waals surface area contributed by atoms with Crippen LogP contribution in [0.2, 0.25) is 5.02 Å². The maximum atomic E-state index is 14.5. The zero-order chi connectivity index (χ0) is 20.0. The number of hydrogen-bond donors (Lipinski definition) is 3. The lowest BCUT2D eigenvalue weighted by Gasteiger charge is -2.27. The number of benzene rings is 1. The van der Waals surface area contributed by atoms with E-state index in [2.05, 4.69) is 11.1 Å². The van der Waals surface area contributed by atoms with Crippen LogP contribution in [0.5, 0.6) is 0 Å². The van der Waals surface area contributed by atoms with Crippen LogP contribution in [0.4, 0.5) is 10.2 Å². The summed E-state index contributed by atoms with van der Waals surface area (Å²) in [4.78, 5) is 6.22. The number of hydrogen-bond acceptors (Lipinski definition) is 5. The molecule has 2 aliphatic rings. The highest BCUT2D eigenvalue weighted by molar-refractivity contribution is 6.33. The summed E-state index contributed by atoms with van der Waals surface area (Å²) in [7, 11) is 0. The summed E-state index contributed by atoms with van der Waals surface area (Å²) >= 11 is 5.95. The molecule has 4 N–H and O–H groups in total. The number of nitrogen functional groups attached to an aromatic ring is 1. The van der Waals surface area contributed by atoms with E-state index >= 15 is 0 Å². The summed E-state index contributed by atoms with van der Waals surface area (Å²) in [6.45, 7) is 2.80. The van der Waals surface area contributed by atoms with Gasteiger partial charge in [0.25, 0.3) is 0 Å². The van der Waals surface area contributed by atoms with Gasteiger partial charge in [-0.25, -0.2) is 9.37 Å².